The summed E-state index contributed by atoms with van der Waals surface area (Å²) in [7, 11) is 0. The Bertz CT molecular complexity index is 320. The highest BCUT2D eigenvalue weighted by Crippen LogP contribution is 2.59. The molecule has 0 saturated heterocycles. The van der Waals surface area contributed by atoms with Gasteiger partial charge in [-0.3, -0.25) is 0 Å². The molecule has 1 saturated carbocycles. The minimum absolute atomic E-state index is 0.563. The Balaban J connectivity index is 2.83. The monoisotopic (exact) mass is 241 g/mol. The molecule has 0 N–H and O–H groups in total. The van der Waals surface area contributed by atoms with Crippen molar-refractivity contribution in [2.24, 2.45) is 17.3 Å². The van der Waals surface area contributed by atoms with Crippen LogP contribution in [0.1, 0.15) is 13.8 Å². The molecule has 0 radical (unpaired) electrons. The fraction of sp³-hybridized carbons (Fsp3) is 0.667. The molecule has 0 aromatic rings. The summed E-state index contributed by atoms with van der Waals surface area (Å²) in [6, 6.07) is 0. The zero-order chi connectivity index (χ0) is 12.0. The van der Waals surface area contributed by atoms with E-state index >= 15 is 0 Å². The quantitative estimate of drug-likeness (QED) is 0.706. The molecule has 0 bridgehead atoms. The van der Waals surface area contributed by atoms with Crippen LogP contribution >= 0.6 is 11.6 Å². The highest BCUT2D eigenvalue weighted by Gasteiger charge is 2.58. The van der Waals surface area contributed by atoms with Crippen molar-refractivity contribution in [3.8, 4) is 0 Å². The number of rotatable bonds is 3. The fourth-order valence-electron chi connectivity index (χ4n) is 1.69. The average molecular weight is 242 g/mol. The van der Waals surface area contributed by atoms with Crippen LogP contribution < -0.4 is 5.11 Å². The molecule has 0 spiro atoms. The Kier molecular flexibility index (Phi) is 2.80. The minimum Gasteiger partial charge on any atom is -0.550 e. The zero-order valence-corrected chi connectivity index (χ0v) is 8.82. The predicted molar refractivity (Wildman–Crippen MR) is 45.8 cm³/mol. The summed E-state index contributed by atoms with van der Waals surface area (Å²) in [6.45, 7) is 3.07. The molecule has 1 rings (SSSR count). The Morgan fingerprint density at radius 3 is 2.27 bits per heavy atom. The zero-order valence-electron chi connectivity index (χ0n) is 8.06. The Hall–Kier alpha value is -0.710. The van der Waals surface area contributed by atoms with Gasteiger partial charge in [-0.1, -0.05) is 13.8 Å². The number of allylic oxidation sites excluding steroid dienone is 2. The van der Waals surface area contributed by atoms with Crippen molar-refractivity contribution in [1.82, 2.24) is 0 Å². The highest BCUT2D eigenvalue weighted by molar-refractivity contribution is 6.23. The maximum atomic E-state index is 12.7. The van der Waals surface area contributed by atoms with Gasteiger partial charge < -0.3 is 9.90 Å². The first kappa shape index (κ1) is 12.4. The lowest BCUT2D eigenvalue weighted by Crippen LogP contribution is -2.26. The van der Waals surface area contributed by atoms with Crippen molar-refractivity contribution >= 4 is 17.6 Å². The number of halogens is 4. The van der Waals surface area contributed by atoms with Crippen molar-refractivity contribution in [3.05, 3.63) is 11.9 Å². The van der Waals surface area contributed by atoms with E-state index in [4.69, 9.17) is 0 Å². The van der Waals surface area contributed by atoms with Crippen molar-refractivity contribution in [2.75, 3.05) is 0 Å². The van der Waals surface area contributed by atoms with Gasteiger partial charge in [0.25, 0.3) is 0 Å². The van der Waals surface area contributed by atoms with Gasteiger partial charge in [0, 0.05) is 11.9 Å². The van der Waals surface area contributed by atoms with Crippen LogP contribution in [0.5, 0.6) is 0 Å². The number of hydrogen-bond donors (Lipinski definition) is 0. The summed E-state index contributed by atoms with van der Waals surface area (Å²) in [4.78, 5) is 10.5. The molecule has 1 fully saturated rings. The van der Waals surface area contributed by atoms with Crippen LogP contribution in [0.4, 0.5) is 13.2 Å². The third-order valence-corrected chi connectivity index (χ3v) is 2.94. The Labute approximate surface area is 89.7 Å². The smallest absolute Gasteiger partial charge is 0.373 e. The maximum Gasteiger partial charge on any atom is 0.373 e. The lowest BCUT2D eigenvalue weighted by Gasteiger charge is -2.04. The number of carbonyl (C=O) groups is 1. The van der Waals surface area contributed by atoms with Gasteiger partial charge in [0.05, 0.1) is 0 Å². The van der Waals surface area contributed by atoms with E-state index in [2.05, 4.69) is 11.6 Å². The second-order valence-electron chi connectivity index (χ2n) is 4.16. The van der Waals surface area contributed by atoms with Crippen molar-refractivity contribution in [3.63, 3.8) is 0 Å². The predicted octanol–water partition coefficient (Wildman–Crippen LogP) is 1.69. The molecule has 2 nitrogen and oxygen atoms in total. The van der Waals surface area contributed by atoms with Crippen molar-refractivity contribution in [2.45, 2.75) is 19.2 Å². The normalized spacial score (nSPS) is 30.1. The number of carboxylic acids is 1. The van der Waals surface area contributed by atoms with Gasteiger partial charge in [-0.05, 0) is 29.0 Å². The summed E-state index contributed by atoms with van der Waals surface area (Å²) in [5.41, 5.74) is -0.766. The molecule has 15 heavy (non-hydrogen) atoms. The van der Waals surface area contributed by atoms with Crippen LogP contribution in [0.15, 0.2) is 11.9 Å². The van der Waals surface area contributed by atoms with Crippen LogP contribution in [0.2, 0.25) is 0 Å². The van der Waals surface area contributed by atoms with Gasteiger partial charge in [-0.2, -0.15) is 8.78 Å². The maximum absolute atomic E-state index is 12.7. The Morgan fingerprint density at radius 1 is 1.53 bits per heavy atom. The molecule has 0 heterocycles. The van der Waals surface area contributed by atoms with Gasteiger partial charge in [0.1, 0.15) is 0 Å². The van der Waals surface area contributed by atoms with Crippen LogP contribution in [0.3, 0.4) is 0 Å². The number of carbonyl (C=O) groups excluding carboxylic acids is 1. The summed E-state index contributed by atoms with van der Waals surface area (Å²) < 4.78 is 37.2. The standard InChI is InChI=1S/C9H10ClF3O2/c1-8(2)4(6(8)7(14)15)3-5(11)9(10,12)13/h3-4,6H,1-2H3,(H,14,15)/p-1/b5-3-/t4-,6+/m0/s1. The van der Waals surface area contributed by atoms with E-state index in [1.807, 2.05) is 0 Å². The third kappa shape index (κ3) is 2.27. The van der Waals surface area contributed by atoms with E-state index in [0.29, 0.717) is 6.08 Å². The summed E-state index contributed by atoms with van der Waals surface area (Å²) >= 11 is 4.44. The van der Waals surface area contributed by atoms with Crippen LogP contribution in [0, 0.1) is 17.3 Å². The summed E-state index contributed by atoms with van der Waals surface area (Å²) in [5, 5.41) is 6.46. The fourth-order valence-corrected chi connectivity index (χ4v) is 1.75. The lowest BCUT2D eigenvalue weighted by molar-refractivity contribution is -0.309. The van der Waals surface area contributed by atoms with Gasteiger partial charge in [-0.15, -0.1) is 0 Å². The van der Waals surface area contributed by atoms with Crippen molar-refractivity contribution < 1.29 is 23.1 Å². The van der Waals surface area contributed by atoms with Gasteiger partial charge in [0.15, 0.2) is 5.83 Å². The Morgan fingerprint density at radius 2 is 2.00 bits per heavy atom. The molecule has 0 aromatic carbocycles. The average Bonchev–Trinajstić information content (AvgIpc) is 2.50. The van der Waals surface area contributed by atoms with E-state index in [1.165, 1.54) is 13.8 Å². The third-order valence-electron chi connectivity index (χ3n) is 2.76. The minimum atomic E-state index is -4.07. The molecule has 1 aliphatic carbocycles. The van der Waals surface area contributed by atoms with E-state index in [0.717, 1.165) is 0 Å². The van der Waals surface area contributed by atoms with Gasteiger partial charge in [-0.25, -0.2) is 4.39 Å². The van der Waals surface area contributed by atoms with Gasteiger partial charge in [0.2, 0.25) is 0 Å². The molecule has 1 aliphatic rings. The van der Waals surface area contributed by atoms with E-state index in [1.54, 1.807) is 0 Å². The molecule has 0 unspecified atom stereocenters. The molecule has 2 atom stereocenters. The highest BCUT2D eigenvalue weighted by atomic mass is 35.5. The molecule has 0 amide bonds. The second kappa shape index (κ2) is 3.40. The first-order valence-electron chi connectivity index (χ1n) is 4.24. The van der Waals surface area contributed by atoms with Crippen LogP contribution in [0.25, 0.3) is 0 Å². The first-order valence-corrected chi connectivity index (χ1v) is 4.61. The molecular formula is C9H9ClF3O2-. The number of hydrogen-bond acceptors (Lipinski definition) is 2. The first-order chi connectivity index (χ1) is 6.58. The van der Waals surface area contributed by atoms with E-state index in [9.17, 15) is 23.1 Å². The SMILES string of the molecule is CC1(C)[C@@H](/C=C(\F)C(F)(F)Cl)[C@@H]1C(=O)[O-]. The molecule has 0 aromatic heterocycles. The number of alkyl halides is 3. The van der Waals surface area contributed by atoms with Crippen LogP contribution in [-0.4, -0.2) is 11.4 Å². The molecular weight excluding hydrogens is 233 g/mol. The van der Waals surface area contributed by atoms with Crippen LogP contribution in [-0.2, 0) is 4.79 Å². The second-order valence-corrected chi connectivity index (χ2v) is 4.63. The van der Waals surface area contributed by atoms with E-state index < -0.39 is 34.4 Å². The number of aliphatic carboxylic acids is 1. The van der Waals surface area contributed by atoms with Gasteiger partial charge >= 0.3 is 5.38 Å². The largest absolute Gasteiger partial charge is 0.550 e. The van der Waals surface area contributed by atoms with E-state index in [-0.39, 0.29) is 0 Å². The topological polar surface area (TPSA) is 40.1 Å². The molecule has 0 aliphatic heterocycles. The molecule has 86 valence electrons. The summed E-state index contributed by atoms with van der Waals surface area (Å²) in [6.07, 6.45) is 0.563. The summed E-state index contributed by atoms with van der Waals surface area (Å²) in [5.74, 6) is -4.92. The number of carboxylic acid groups (broad SMARTS) is 1. The lowest BCUT2D eigenvalue weighted by atomic mass is 10.1. The molecule has 6 heteroatoms. The van der Waals surface area contributed by atoms with Crippen molar-refractivity contribution in [1.29, 1.82) is 0 Å².